The third kappa shape index (κ3) is 4.15. The van der Waals surface area contributed by atoms with Gasteiger partial charge in [0, 0.05) is 24.5 Å². The van der Waals surface area contributed by atoms with Crippen LogP contribution in [0.3, 0.4) is 0 Å². The zero-order valence-electron chi connectivity index (χ0n) is 17.4. The molecule has 3 aromatic rings. The molecule has 0 unspecified atom stereocenters. The minimum Gasteiger partial charge on any atom is -0.388 e. The Morgan fingerprint density at radius 3 is 2.59 bits per heavy atom. The number of fused-ring (bicyclic) bond motifs is 1. The summed E-state index contributed by atoms with van der Waals surface area (Å²) >= 11 is 1.56. The van der Waals surface area contributed by atoms with E-state index in [1.165, 1.54) is 5.56 Å². The first-order valence-electron chi connectivity index (χ1n) is 10.3. The summed E-state index contributed by atoms with van der Waals surface area (Å²) in [5, 5.41) is 11.9. The normalized spacial score (nSPS) is 18.2. The van der Waals surface area contributed by atoms with E-state index in [4.69, 9.17) is 0 Å². The van der Waals surface area contributed by atoms with E-state index in [9.17, 15) is 9.90 Å². The number of aromatic nitrogens is 2. The Balaban J connectivity index is 1.42. The van der Waals surface area contributed by atoms with Gasteiger partial charge in [0.05, 0.1) is 23.9 Å². The molecule has 1 aliphatic rings. The van der Waals surface area contributed by atoms with Crippen LogP contribution in [-0.4, -0.2) is 44.8 Å². The lowest BCUT2D eigenvalue weighted by molar-refractivity contribution is -0.0355. The highest BCUT2D eigenvalue weighted by Crippen LogP contribution is 2.28. The van der Waals surface area contributed by atoms with Crippen molar-refractivity contribution in [1.82, 2.24) is 14.5 Å². The van der Waals surface area contributed by atoms with Gasteiger partial charge in [-0.15, -0.1) is 11.3 Å². The van der Waals surface area contributed by atoms with Crippen LogP contribution in [0.1, 0.15) is 41.7 Å². The van der Waals surface area contributed by atoms with E-state index in [0.717, 1.165) is 34.9 Å². The molecule has 154 valence electrons. The van der Waals surface area contributed by atoms with Crippen LogP contribution in [0.4, 0.5) is 0 Å². The Bertz CT molecular complexity index is 1050. The summed E-state index contributed by atoms with van der Waals surface area (Å²) in [6.45, 7) is 9.23. The number of piperidine rings is 1. The highest BCUT2D eigenvalue weighted by molar-refractivity contribution is 7.18. The first kappa shape index (κ1) is 20.3. The quantitative estimate of drug-likeness (QED) is 0.695. The van der Waals surface area contributed by atoms with E-state index in [2.05, 4.69) is 41.1 Å². The SMILES string of the molecule is Cc1sc2ncn(CC3(O)CCN(C[C@@H](C)c4ccccc4)CC3)c(=O)c2c1C. The summed E-state index contributed by atoms with van der Waals surface area (Å²) in [5.74, 6) is 0.460. The van der Waals surface area contributed by atoms with Crippen LogP contribution in [0.15, 0.2) is 41.5 Å². The van der Waals surface area contributed by atoms with Gasteiger partial charge in [-0.25, -0.2) is 4.98 Å². The van der Waals surface area contributed by atoms with Crippen LogP contribution in [0.5, 0.6) is 0 Å². The summed E-state index contributed by atoms with van der Waals surface area (Å²) in [6.07, 6.45) is 2.93. The molecule has 4 rings (SSSR count). The molecular weight excluding hydrogens is 382 g/mol. The molecular formula is C23H29N3O2S. The summed E-state index contributed by atoms with van der Waals surface area (Å²) in [5.41, 5.74) is 1.46. The van der Waals surface area contributed by atoms with Gasteiger partial charge in [-0.3, -0.25) is 9.36 Å². The summed E-state index contributed by atoms with van der Waals surface area (Å²) < 4.78 is 1.60. The van der Waals surface area contributed by atoms with Gasteiger partial charge in [-0.1, -0.05) is 37.3 Å². The maximum Gasteiger partial charge on any atom is 0.262 e. The number of hydrogen-bond acceptors (Lipinski definition) is 5. The number of aryl methyl sites for hydroxylation is 2. The van der Waals surface area contributed by atoms with Gasteiger partial charge in [0.15, 0.2) is 0 Å². The fourth-order valence-electron chi connectivity index (χ4n) is 4.28. The van der Waals surface area contributed by atoms with Crippen LogP contribution in [0.25, 0.3) is 10.2 Å². The second-order valence-corrected chi connectivity index (χ2v) is 9.68. The van der Waals surface area contributed by atoms with Crippen molar-refractivity contribution in [3.8, 4) is 0 Å². The van der Waals surface area contributed by atoms with E-state index >= 15 is 0 Å². The van der Waals surface area contributed by atoms with Gasteiger partial charge in [-0.2, -0.15) is 0 Å². The monoisotopic (exact) mass is 411 g/mol. The second kappa shape index (κ2) is 8.01. The van der Waals surface area contributed by atoms with Gasteiger partial charge in [0.25, 0.3) is 5.56 Å². The van der Waals surface area contributed by atoms with E-state index in [0.29, 0.717) is 30.7 Å². The zero-order chi connectivity index (χ0) is 20.6. The predicted octanol–water partition coefficient (Wildman–Crippen LogP) is 3.71. The topological polar surface area (TPSA) is 58.4 Å². The minimum absolute atomic E-state index is 0.0367. The molecule has 0 aliphatic carbocycles. The second-order valence-electron chi connectivity index (χ2n) is 8.48. The van der Waals surface area contributed by atoms with Gasteiger partial charge in [0.1, 0.15) is 4.83 Å². The van der Waals surface area contributed by atoms with Crippen LogP contribution in [-0.2, 0) is 6.54 Å². The minimum atomic E-state index is -0.857. The maximum absolute atomic E-state index is 13.0. The average Bonchev–Trinajstić information content (AvgIpc) is 3.01. The van der Waals surface area contributed by atoms with E-state index < -0.39 is 5.60 Å². The molecule has 1 aromatic carbocycles. The third-order valence-corrected chi connectivity index (χ3v) is 7.42. The fraction of sp³-hybridized carbons (Fsp3) is 0.478. The molecule has 2 aromatic heterocycles. The number of thiophene rings is 1. The molecule has 6 heteroatoms. The summed E-state index contributed by atoms with van der Waals surface area (Å²) in [7, 11) is 0. The molecule has 0 bridgehead atoms. The highest BCUT2D eigenvalue weighted by atomic mass is 32.1. The van der Waals surface area contributed by atoms with Crippen molar-refractivity contribution in [2.45, 2.75) is 51.7 Å². The molecule has 1 aliphatic heterocycles. The standard InChI is InChI=1S/C23H29N3O2S/c1-16(19-7-5-4-6-8-19)13-25-11-9-23(28,10-12-25)14-26-15-24-21-20(22(26)27)17(2)18(3)29-21/h4-8,15-16,28H,9-14H2,1-3H3/t16-/m1/s1. The number of likely N-dealkylation sites (tertiary alicyclic amines) is 1. The molecule has 0 saturated carbocycles. The number of nitrogens with zero attached hydrogens (tertiary/aromatic N) is 3. The highest BCUT2D eigenvalue weighted by Gasteiger charge is 2.33. The summed E-state index contributed by atoms with van der Waals surface area (Å²) in [6, 6.07) is 10.6. The van der Waals surface area contributed by atoms with Crippen molar-refractivity contribution in [1.29, 1.82) is 0 Å². The Labute approximate surface area is 175 Å². The van der Waals surface area contributed by atoms with Crippen LogP contribution < -0.4 is 5.56 Å². The molecule has 1 atom stereocenters. The molecule has 0 radical (unpaired) electrons. The van der Waals surface area contributed by atoms with E-state index in [1.807, 2.05) is 19.9 Å². The average molecular weight is 412 g/mol. The van der Waals surface area contributed by atoms with E-state index in [1.54, 1.807) is 22.2 Å². The number of hydrogen-bond donors (Lipinski definition) is 1. The molecule has 1 saturated heterocycles. The first-order chi connectivity index (χ1) is 13.9. The molecule has 3 heterocycles. The zero-order valence-corrected chi connectivity index (χ0v) is 18.2. The Hall–Kier alpha value is -2.02. The van der Waals surface area contributed by atoms with Crippen molar-refractivity contribution >= 4 is 21.6 Å². The van der Waals surface area contributed by atoms with E-state index in [-0.39, 0.29) is 5.56 Å². The van der Waals surface area contributed by atoms with Crippen molar-refractivity contribution in [2.24, 2.45) is 0 Å². The maximum atomic E-state index is 13.0. The largest absolute Gasteiger partial charge is 0.388 e. The Morgan fingerprint density at radius 1 is 1.21 bits per heavy atom. The van der Waals surface area contributed by atoms with Gasteiger partial charge in [-0.05, 0) is 43.7 Å². The molecule has 5 nitrogen and oxygen atoms in total. The van der Waals surface area contributed by atoms with Crippen LogP contribution in [0.2, 0.25) is 0 Å². The first-order valence-corrected chi connectivity index (χ1v) is 11.1. The summed E-state index contributed by atoms with van der Waals surface area (Å²) in [4.78, 5) is 21.8. The number of benzene rings is 1. The Morgan fingerprint density at radius 2 is 1.90 bits per heavy atom. The van der Waals surface area contributed by atoms with Gasteiger partial charge in [0.2, 0.25) is 0 Å². The Kier molecular flexibility index (Phi) is 5.60. The molecule has 1 N–H and O–H groups in total. The van der Waals surface area contributed by atoms with Gasteiger partial charge < -0.3 is 10.0 Å². The van der Waals surface area contributed by atoms with Crippen molar-refractivity contribution in [3.63, 3.8) is 0 Å². The van der Waals surface area contributed by atoms with Crippen molar-refractivity contribution in [2.75, 3.05) is 19.6 Å². The van der Waals surface area contributed by atoms with Gasteiger partial charge >= 0.3 is 0 Å². The molecule has 0 spiro atoms. The number of aliphatic hydroxyl groups is 1. The third-order valence-electron chi connectivity index (χ3n) is 6.31. The van der Waals surface area contributed by atoms with Crippen LogP contribution in [0, 0.1) is 13.8 Å². The predicted molar refractivity (Wildman–Crippen MR) is 119 cm³/mol. The molecule has 1 fully saturated rings. The van der Waals surface area contributed by atoms with Crippen molar-refractivity contribution < 1.29 is 5.11 Å². The fourth-order valence-corrected chi connectivity index (χ4v) is 5.27. The molecule has 29 heavy (non-hydrogen) atoms. The lowest BCUT2D eigenvalue weighted by atomic mass is 9.90. The smallest absolute Gasteiger partial charge is 0.262 e. The lowest BCUT2D eigenvalue weighted by Gasteiger charge is -2.39. The lowest BCUT2D eigenvalue weighted by Crippen LogP contribution is -2.48. The number of rotatable bonds is 5. The van der Waals surface area contributed by atoms with Crippen LogP contribution >= 0.6 is 11.3 Å². The van der Waals surface area contributed by atoms with Crippen molar-refractivity contribution in [3.05, 3.63) is 63.0 Å². The molecule has 0 amide bonds.